The Bertz CT molecular complexity index is 1560. The van der Waals surface area contributed by atoms with Gasteiger partial charge in [-0.3, -0.25) is 0 Å². The van der Waals surface area contributed by atoms with Crippen molar-refractivity contribution in [2.24, 2.45) is 5.73 Å². The van der Waals surface area contributed by atoms with Gasteiger partial charge in [0.1, 0.15) is 22.9 Å². The lowest BCUT2D eigenvalue weighted by Gasteiger charge is -2.06. The molecule has 0 saturated heterocycles. The van der Waals surface area contributed by atoms with Crippen molar-refractivity contribution < 1.29 is 4.42 Å². The number of allylic oxidation sites excluding steroid dienone is 4. The first-order valence-electron chi connectivity index (χ1n) is 10.0. The molecule has 2 aromatic heterocycles. The topological polar surface area (TPSA) is 75.8 Å². The van der Waals surface area contributed by atoms with Gasteiger partial charge in [-0.25, -0.2) is 4.98 Å². The third-order valence-electron chi connectivity index (χ3n) is 5.45. The van der Waals surface area contributed by atoms with E-state index >= 15 is 0 Å². The van der Waals surface area contributed by atoms with Crippen LogP contribution < -0.4 is 5.73 Å². The molecule has 0 aliphatic carbocycles. The Morgan fingerprint density at radius 3 is 2.65 bits per heavy atom. The fraction of sp³-hybridized carbons (Fsp3) is 0.0370. The lowest BCUT2D eigenvalue weighted by molar-refractivity contribution is 0.669. The summed E-state index contributed by atoms with van der Waals surface area (Å²) < 4.78 is 6.11. The molecule has 5 rings (SSSR count). The van der Waals surface area contributed by atoms with E-state index in [-0.39, 0.29) is 5.70 Å². The Morgan fingerprint density at radius 1 is 0.968 bits per heavy atom. The highest BCUT2D eigenvalue weighted by atomic mass is 16.3. The van der Waals surface area contributed by atoms with Crippen LogP contribution in [0.2, 0.25) is 0 Å². The number of benzene rings is 3. The van der Waals surface area contributed by atoms with Gasteiger partial charge < -0.3 is 10.2 Å². The van der Waals surface area contributed by atoms with Crippen LogP contribution in [0.15, 0.2) is 95.1 Å². The highest BCUT2D eigenvalue weighted by Gasteiger charge is 2.12. The van der Waals surface area contributed by atoms with Crippen LogP contribution in [-0.4, -0.2) is 4.98 Å². The maximum Gasteiger partial charge on any atom is 0.136 e. The molecule has 3 aromatic carbocycles. The molecule has 2 N–H and O–H groups in total. The van der Waals surface area contributed by atoms with Crippen molar-refractivity contribution in [1.82, 2.24) is 4.98 Å². The molecule has 0 amide bonds. The zero-order chi connectivity index (χ0) is 21.4. The first-order valence-corrected chi connectivity index (χ1v) is 10.0. The highest BCUT2D eigenvalue weighted by Crippen LogP contribution is 2.36. The predicted octanol–water partition coefficient (Wildman–Crippen LogP) is 6.57. The summed E-state index contributed by atoms with van der Waals surface area (Å²) in [6, 6.07) is 26.4. The monoisotopic (exact) mass is 401 g/mol. The number of furan rings is 1. The number of nitrogens with zero attached hydrogens (tertiary/aromatic N) is 2. The minimum absolute atomic E-state index is 0.151. The minimum Gasteiger partial charge on any atom is -0.456 e. The molecule has 148 valence electrons. The van der Waals surface area contributed by atoms with Crippen LogP contribution >= 0.6 is 0 Å². The van der Waals surface area contributed by atoms with Gasteiger partial charge in [0.25, 0.3) is 0 Å². The number of hydrogen-bond acceptors (Lipinski definition) is 4. The molecule has 0 atom stereocenters. The second kappa shape index (κ2) is 7.47. The second-order valence-corrected chi connectivity index (χ2v) is 7.34. The molecule has 0 saturated carbocycles. The van der Waals surface area contributed by atoms with E-state index < -0.39 is 0 Å². The highest BCUT2D eigenvalue weighted by molar-refractivity contribution is 6.19. The van der Waals surface area contributed by atoms with Crippen molar-refractivity contribution in [3.63, 3.8) is 0 Å². The molecular weight excluding hydrogens is 382 g/mol. The van der Waals surface area contributed by atoms with Crippen molar-refractivity contribution in [2.75, 3.05) is 0 Å². The van der Waals surface area contributed by atoms with Gasteiger partial charge in [-0.2, -0.15) is 5.26 Å². The first-order chi connectivity index (χ1) is 15.2. The molecule has 0 radical (unpaired) electrons. The third kappa shape index (κ3) is 3.23. The van der Waals surface area contributed by atoms with Crippen LogP contribution in [0.1, 0.15) is 12.6 Å². The van der Waals surface area contributed by atoms with Gasteiger partial charge in [-0.1, -0.05) is 42.5 Å². The number of nitriles is 1. The molecule has 0 unspecified atom stereocenters. The van der Waals surface area contributed by atoms with Gasteiger partial charge in [0.05, 0.1) is 11.4 Å². The molecule has 5 aromatic rings. The second-order valence-electron chi connectivity index (χ2n) is 7.34. The Morgan fingerprint density at radius 2 is 1.81 bits per heavy atom. The van der Waals surface area contributed by atoms with E-state index in [0.29, 0.717) is 0 Å². The maximum atomic E-state index is 9.00. The lowest BCUT2D eigenvalue weighted by Crippen LogP contribution is -1.96. The third-order valence-corrected chi connectivity index (χ3v) is 5.45. The number of hydrogen-bond donors (Lipinski definition) is 1. The molecule has 0 aliphatic rings. The zero-order valence-electron chi connectivity index (χ0n) is 17.0. The van der Waals surface area contributed by atoms with Crippen LogP contribution in [0.4, 0.5) is 0 Å². The van der Waals surface area contributed by atoms with Crippen molar-refractivity contribution in [2.45, 2.75) is 6.92 Å². The standard InChI is InChI=1S/C27H19N3O/c1-2-17(14-20(29)16-28)23-8-5-9-24(30-23)19-11-12-25-22(15-19)27-21-7-4-3-6-18(21)10-13-26(27)31-25/h2-15H,29H2,1H3/b17-2+,20-14-. The first kappa shape index (κ1) is 18.7. The van der Waals surface area contributed by atoms with Gasteiger partial charge in [-0.05, 0) is 65.7 Å². The van der Waals surface area contributed by atoms with Crippen LogP contribution in [0.3, 0.4) is 0 Å². The fourth-order valence-corrected chi connectivity index (χ4v) is 3.97. The van der Waals surface area contributed by atoms with Crippen molar-refractivity contribution in [3.8, 4) is 17.3 Å². The van der Waals surface area contributed by atoms with E-state index in [1.807, 2.05) is 61.5 Å². The van der Waals surface area contributed by atoms with Crippen molar-refractivity contribution in [3.05, 3.63) is 96.3 Å². The molecule has 4 nitrogen and oxygen atoms in total. The number of fused-ring (bicyclic) bond motifs is 5. The summed E-state index contributed by atoms with van der Waals surface area (Å²) in [5.74, 6) is 0. The Balaban J connectivity index is 1.69. The number of rotatable bonds is 3. The number of aromatic nitrogens is 1. The van der Waals surface area contributed by atoms with E-state index in [1.165, 1.54) is 10.8 Å². The number of pyridine rings is 1. The smallest absolute Gasteiger partial charge is 0.136 e. The summed E-state index contributed by atoms with van der Waals surface area (Å²) in [4.78, 5) is 4.83. The molecule has 2 heterocycles. The van der Waals surface area contributed by atoms with E-state index in [2.05, 4.69) is 30.3 Å². The molecule has 0 fully saturated rings. The summed E-state index contributed by atoms with van der Waals surface area (Å²) in [5, 5.41) is 13.5. The molecular formula is C27H19N3O. The normalized spacial score (nSPS) is 12.5. The van der Waals surface area contributed by atoms with Gasteiger partial charge in [0.15, 0.2) is 0 Å². The maximum absolute atomic E-state index is 9.00. The Kier molecular flexibility index (Phi) is 4.50. The van der Waals surface area contributed by atoms with E-state index in [1.54, 1.807) is 6.08 Å². The van der Waals surface area contributed by atoms with E-state index in [0.717, 1.165) is 44.5 Å². The largest absolute Gasteiger partial charge is 0.456 e. The van der Waals surface area contributed by atoms with Crippen molar-refractivity contribution >= 4 is 38.3 Å². The van der Waals surface area contributed by atoms with Gasteiger partial charge in [-0.15, -0.1) is 0 Å². The quantitative estimate of drug-likeness (QED) is 0.274. The summed E-state index contributed by atoms with van der Waals surface area (Å²) in [5.41, 5.74) is 11.0. The lowest BCUT2D eigenvalue weighted by atomic mass is 10.0. The minimum atomic E-state index is 0.151. The number of nitrogens with two attached hydrogens (primary N) is 1. The summed E-state index contributed by atoms with van der Waals surface area (Å²) >= 11 is 0. The van der Waals surface area contributed by atoms with Crippen LogP contribution in [0, 0.1) is 11.3 Å². The van der Waals surface area contributed by atoms with E-state index in [4.69, 9.17) is 20.4 Å². The summed E-state index contributed by atoms with van der Waals surface area (Å²) in [6.07, 6.45) is 3.54. The fourth-order valence-electron chi connectivity index (χ4n) is 3.97. The van der Waals surface area contributed by atoms with Crippen LogP contribution in [-0.2, 0) is 0 Å². The SMILES string of the molecule is C/C=C(\C=C(/N)C#N)c1cccc(-c2ccc3oc4ccc5ccccc5c4c3c2)n1. The average Bonchev–Trinajstić information content (AvgIpc) is 3.20. The van der Waals surface area contributed by atoms with Gasteiger partial charge in [0, 0.05) is 16.3 Å². The zero-order valence-corrected chi connectivity index (χ0v) is 17.0. The molecule has 4 heteroatoms. The molecule has 0 aliphatic heterocycles. The Labute approximate surface area is 179 Å². The average molecular weight is 401 g/mol. The molecule has 0 spiro atoms. The Hall–Kier alpha value is -4.36. The van der Waals surface area contributed by atoms with Gasteiger partial charge >= 0.3 is 0 Å². The van der Waals surface area contributed by atoms with Crippen LogP contribution in [0.5, 0.6) is 0 Å². The summed E-state index contributed by atoms with van der Waals surface area (Å²) in [7, 11) is 0. The molecule has 31 heavy (non-hydrogen) atoms. The van der Waals surface area contributed by atoms with Crippen molar-refractivity contribution in [1.29, 1.82) is 5.26 Å². The van der Waals surface area contributed by atoms with E-state index in [9.17, 15) is 0 Å². The van der Waals surface area contributed by atoms with Gasteiger partial charge in [0.2, 0.25) is 0 Å². The predicted molar refractivity (Wildman–Crippen MR) is 126 cm³/mol. The summed E-state index contributed by atoms with van der Waals surface area (Å²) in [6.45, 7) is 1.90. The van der Waals surface area contributed by atoms with Crippen LogP contribution in [0.25, 0.3) is 49.5 Å². The molecule has 0 bridgehead atoms.